The molecule has 0 aliphatic heterocycles. The van der Waals surface area contributed by atoms with E-state index in [2.05, 4.69) is 9.97 Å². The Morgan fingerprint density at radius 2 is 2.20 bits per heavy atom. The largest absolute Gasteiger partial charge is 0.493 e. The molecule has 0 aliphatic carbocycles. The highest BCUT2D eigenvalue weighted by atomic mass is 35.5. The normalized spacial score (nSPS) is 10.1. The Morgan fingerprint density at radius 1 is 1.50 bits per heavy atom. The molecule has 0 atom stereocenters. The monoisotopic (exact) mass is 162 g/mol. The average Bonchev–Trinajstić information content (AvgIpc) is 2.13. The fourth-order valence-electron chi connectivity index (χ4n) is 0.686. The second-order valence-electron chi connectivity index (χ2n) is 1.85. The summed E-state index contributed by atoms with van der Waals surface area (Å²) in [5, 5.41) is 8.92. The summed E-state index contributed by atoms with van der Waals surface area (Å²) >= 11 is 5.37. The van der Waals surface area contributed by atoms with Gasteiger partial charge in [0.1, 0.15) is 0 Å². The molecule has 5 heteroatoms. The molecule has 0 saturated heterocycles. The van der Waals surface area contributed by atoms with Gasteiger partial charge in [0.05, 0.1) is 5.69 Å². The summed E-state index contributed by atoms with van der Waals surface area (Å²) in [5.41, 5.74) is 0.0533. The van der Waals surface area contributed by atoms with Crippen molar-refractivity contribution in [2.75, 3.05) is 5.88 Å². The number of aromatic amines is 2. The molecule has 0 aliphatic rings. The van der Waals surface area contributed by atoms with E-state index in [4.69, 9.17) is 16.7 Å². The van der Waals surface area contributed by atoms with E-state index in [0.717, 1.165) is 0 Å². The summed E-state index contributed by atoms with van der Waals surface area (Å²) in [6.07, 6.45) is 0.464. The van der Waals surface area contributed by atoms with Crippen molar-refractivity contribution in [3.8, 4) is 5.88 Å². The van der Waals surface area contributed by atoms with Crippen LogP contribution in [0.25, 0.3) is 0 Å². The Balaban J connectivity index is 2.92. The predicted molar refractivity (Wildman–Crippen MR) is 37.5 cm³/mol. The number of hydrogen-bond acceptors (Lipinski definition) is 2. The summed E-state index contributed by atoms with van der Waals surface area (Å²) in [6, 6.07) is 0. The van der Waals surface area contributed by atoms with Crippen LogP contribution in [-0.4, -0.2) is 21.0 Å². The van der Waals surface area contributed by atoms with Crippen molar-refractivity contribution < 1.29 is 5.11 Å². The first kappa shape index (κ1) is 7.21. The predicted octanol–water partition coefficient (Wildman–Crippen LogP) is 0.190. The summed E-state index contributed by atoms with van der Waals surface area (Å²) < 4.78 is 0. The Hall–Kier alpha value is -0.900. The second kappa shape index (κ2) is 2.79. The third kappa shape index (κ3) is 1.33. The fourth-order valence-corrected chi connectivity index (χ4v) is 0.875. The van der Waals surface area contributed by atoms with Gasteiger partial charge in [-0.2, -0.15) is 0 Å². The van der Waals surface area contributed by atoms with E-state index in [1.807, 2.05) is 0 Å². The van der Waals surface area contributed by atoms with Crippen molar-refractivity contribution in [3.63, 3.8) is 0 Å². The molecule has 3 N–H and O–H groups in total. The molecule has 1 rings (SSSR count). The van der Waals surface area contributed by atoms with E-state index in [0.29, 0.717) is 18.0 Å². The molecule has 0 fully saturated rings. The summed E-state index contributed by atoms with van der Waals surface area (Å²) in [4.78, 5) is 15.0. The van der Waals surface area contributed by atoms with Crippen LogP contribution in [0.4, 0.5) is 0 Å². The third-order valence-electron chi connectivity index (χ3n) is 1.13. The quantitative estimate of drug-likeness (QED) is 0.544. The number of hydrogen-bond donors (Lipinski definition) is 3. The standard InChI is InChI=1S/C5H7ClN2O2/c6-2-1-3-4(9)8-5(10)7-3/h9H,1-2H2,(H2,7,8,10). The molecule has 1 heterocycles. The Morgan fingerprint density at radius 3 is 2.60 bits per heavy atom. The zero-order chi connectivity index (χ0) is 7.56. The van der Waals surface area contributed by atoms with Crippen LogP contribution in [0.15, 0.2) is 4.79 Å². The minimum absolute atomic E-state index is 0.120. The van der Waals surface area contributed by atoms with Gasteiger partial charge in [0, 0.05) is 12.3 Å². The van der Waals surface area contributed by atoms with Crippen molar-refractivity contribution in [1.82, 2.24) is 9.97 Å². The van der Waals surface area contributed by atoms with E-state index in [9.17, 15) is 4.79 Å². The molecule has 0 saturated carbocycles. The summed E-state index contributed by atoms with van der Waals surface area (Å²) in [5.74, 6) is 0.257. The van der Waals surface area contributed by atoms with Crippen LogP contribution in [-0.2, 0) is 6.42 Å². The van der Waals surface area contributed by atoms with Crippen LogP contribution in [0.3, 0.4) is 0 Å². The van der Waals surface area contributed by atoms with Crippen molar-refractivity contribution in [1.29, 1.82) is 0 Å². The minimum Gasteiger partial charge on any atom is -0.493 e. The van der Waals surface area contributed by atoms with E-state index >= 15 is 0 Å². The molecule has 0 spiro atoms. The van der Waals surface area contributed by atoms with Gasteiger partial charge in [-0.15, -0.1) is 11.6 Å². The van der Waals surface area contributed by atoms with Gasteiger partial charge in [-0.1, -0.05) is 0 Å². The van der Waals surface area contributed by atoms with Gasteiger partial charge < -0.3 is 10.1 Å². The van der Waals surface area contributed by atoms with Gasteiger partial charge in [0.25, 0.3) is 0 Å². The van der Waals surface area contributed by atoms with Crippen molar-refractivity contribution in [3.05, 3.63) is 16.2 Å². The lowest BCUT2D eigenvalue weighted by atomic mass is 10.4. The summed E-state index contributed by atoms with van der Waals surface area (Å²) in [6.45, 7) is 0. The van der Waals surface area contributed by atoms with Crippen molar-refractivity contribution in [2.24, 2.45) is 0 Å². The number of halogens is 1. The fraction of sp³-hybridized carbons (Fsp3) is 0.400. The Labute approximate surface area is 61.8 Å². The maximum absolute atomic E-state index is 10.5. The van der Waals surface area contributed by atoms with E-state index in [-0.39, 0.29) is 5.88 Å². The molecule has 1 aromatic heterocycles. The van der Waals surface area contributed by atoms with E-state index in [1.54, 1.807) is 0 Å². The number of aromatic hydroxyl groups is 1. The van der Waals surface area contributed by atoms with Gasteiger partial charge in [-0.25, -0.2) is 4.79 Å². The third-order valence-corrected chi connectivity index (χ3v) is 1.32. The first-order valence-corrected chi connectivity index (χ1v) is 3.33. The molecule has 0 radical (unpaired) electrons. The molecule has 56 valence electrons. The SMILES string of the molecule is O=c1[nH]c(O)c(CCCl)[nH]1. The molecule has 0 aromatic carbocycles. The number of alkyl halides is 1. The van der Waals surface area contributed by atoms with Gasteiger partial charge in [0.15, 0.2) is 0 Å². The first-order valence-electron chi connectivity index (χ1n) is 2.80. The first-order chi connectivity index (χ1) is 4.74. The number of nitrogens with one attached hydrogen (secondary N) is 2. The Kier molecular flexibility index (Phi) is 2.01. The number of aromatic nitrogens is 2. The van der Waals surface area contributed by atoms with Crippen LogP contribution in [0.2, 0.25) is 0 Å². The molecule has 10 heavy (non-hydrogen) atoms. The lowest BCUT2D eigenvalue weighted by Gasteiger charge is -1.89. The second-order valence-corrected chi connectivity index (χ2v) is 2.22. The molecule has 0 unspecified atom stereocenters. The van der Waals surface area contributed by atoms with Crippen LogP contribution >= 0.6 is 11.6 Å². The van der Waals surface area contributed by atoms with Gasteiger partial charge in [0.2, 0.25) is 5.88 Å². The number of imidazole rings is 1. The number of rotatable bonds is 2. The van der Waals surface area contributed by atoms with E-state index in [1.165, 1.54) is 0 Å². The number of H-pyrrole nitrogens is 2. The Bertz CT molecular complexity index is 265. The van der Waals surface area contributed by atoms with E-state index < -0.39 is 5.69 Å². The van der Waals surface area contributed by atoms with Crippen molar-refractivity contribution in [2.45, 2.75) is 6.42 Å². The highest BCUT2D eigenvalue weighted by Gasteiger charge is 2.02. The smallest absolute Gasteiger partial charge is 0.325 e. The minimum atomic E-state index is -0.405. The highest BCUT2D eigenvalue weighted by Crippen LogP contribution is 2.07. The summed E-state index contributed by atoms with van der Waals surface area (Å²) in [7, 11) is 0. The van der Waals surface area contributed by atoms with Gasteiger partial charge >= 0.3 is 5.69 Å². The van der Waals surface area contributed by atoms with Crippen LogP contribution in [0.5, 0.6) is 5.88 Å². The van der Waals surface area contributed by atoms with Crippen molar-refractivity contribution >= 4 is 11.6 Å². The molecular weight excluding hydrogens is 156 g/mol. The topological polar surface area (TPSA) is 68.9 Å². The van der Waals surface area contributed by atoms with Crippen LogP contribution in [0, 0.1) is 0 Å². The zero-order valence-electron chi connectivity index (χ0n) is 5.15. The molecule has 0 amide bonds. The maximum Gasteiger partial charge on any atom is 0.325 e. The zero-order valence-corrected chi connectivity index (χ0v) is 5.90. The molecular formula is C5H7ClN2O2. The lowest BCUT2D eigenvalue weighted by Crippen LogP contribution is -2.01. The lowest BCUT2D eigenvalue weighted by molar-refractivity contribution is 0.449. The number of aryl methyl sites for hydroxylation is 1. The van der Waals surface area contributed by atoms with Gasteiger partial charge in [-0.05, 0) is 0 Å². The van der Waals surface area contributed by atoms with Gasteiger partial charge in [-0.3, -0.25) is 4.98 Å². The molecule has 0 bridgehead atoms. The van der Waals surface area contributed by atoms with Crippen LogP contribution in [0.1, 0.15) is 5.69 Å². The molecule has 4 nitrogen and oxygen atoms in total. The highest BCUT2D eigenvalue weighted by molar-refractivity contribution is 6.17. The molecule has 1 aromatic rings. The van der Waals surface area contributed by atoms with Crippen LogP contribution < -0.4 is 5.69 Å². The maximum atomic E-state index is 10.5. The average molecular weight is 163 g/mol.